The Balaban J connectivity index is 1.69. The van der Waals surface area contributed by atoms with Crippen molar-refractivity contribution in [2.45, 2.75) is 51.1 Å². The first-order valence-electron chi connectivity index (χ1n) is 13.1. The Morgan fingerprint density at radius 2 is 1.63 bits per heavy atom. The van der Waals surface area contributed by atoms with Gasteiger partial charge in [0.15, 0.2) is 11.5 Å². The van der Waals surface area contributed by atoms with Crippen molar-refractivity contribution < 1.29 is 19.0 Å². The van der Waals surface area contributed by atoms with Crippen LogP contribution in [-0.2, 0) is 17.6 Å². The van der Waals surface area contributed by atoms with Crippen LogP contribution in [0.25, 0.3) is 11.1 Å². The summed E-state index contributed by atoms with van der Waals surface area (Å²) >= 11 is 0. The number of hydrogen-bond acceptors (Lipinski definition) is 6. The standard InChI is InChI=1S/C31H34N2O5/c1-18(34)32-25-14-12-20-16-28(36-2)30(37-3)31(38-4)29(20)22-13-15-26(27(35)17-23(22)25)33-24-11-7-9-19-8-5-6-10-21(19)24/h5-6,8,10,13,15-17,24-25H,7,9,11-12,14H2,1-4H3,(H,32,34)(H,33,35)/t24-,25+/m0/s1. The molecule has 0 heterocycles. The van der Waals surface area contributed by atoms with Crippen LogP contribution >= 0.6 is 0 Å². The van der Waals surface area contributed by atoms with Gasteiger partial charge in [-0.3, -0.25) is 9.59 Å². The molecule has 0 saturated carbocycles. The van der Waals surface area contributed by atoms with Crippen molar-refractivity contribution >= 4 is 11.6 Å². The molecule has 0 spiro atoms. The van der Waals surface area contributed by atoms with Crippen molar-refractivity contribution in [3.05, 3.63) is 81.0 Å². The molecule has 5 rings (SSSR count). The highest BCUT2D eigenvalue weighted by Gasteiger charge is 2.30. The van der Waals surface area contributed by atoms with E-state index in [0.717, 1.165) is 41.5 Å². The second-order valence-electron chi connectivity index (χ2n) is 9.88. The molecule has 0 radical (unpaired) electrons. The lowest BCUT2D eigenvalue weighted by Crippen LogP contribution is -2.26. The van der Waals surface area contributed by atoms with E-state index in [1.807, 2.05) is 24.3 Å². The lowest BCUT2D eigenvalue weighted by Gasteiger charge is -2.26. The van der Waals surface area contributed by atoms with Gasteiger partial charge in [-0.25, -0.2) is 0 Å². The molecule has 0 aliphatic heterocycles. The van der Waals surface area contributed by atoms with Gasteiger partial charge in [0, 0.05) is 12.5 Å². The van der Waals surface area contributed by atoms with Gasteiger partial charge in [0.2, 0.25) is 17.1 Å². The number of hydrogen-bond donors (Lipinski definition) is 2. The number of carbonyl (C=O) groups excluding carboxylic acids is 1. The average Bonchev–Trinajstić information content (AvgIpc) is 3.16. The second-order valence-corrected chi connectivity index (χ2v) is 9.88. The van der Waals surface area contributed by atoms with E-state index in [1.165, 1.54) is 18.1 Å². The average molecular weight is 515 g/mol. The Kier molecular flexibility index (Phi) is 7.27. The van der Waals surface area contributed by atoms with Crippen molar-refractivity contribution in [2.24, 2.45) is 0 Å². The summed E-state index contributed by atoms with van der Waals surface area (Å²) in [7, 11) is 4.78. The van der Waals surface area contributed by atoms with Gasteiger partial charge in [-0.2, -0.15) is 0 Å². The molecule has 1 amide bonds. The molecule has 2 aliphatic rings. The molecule has 198 valence electrons. The predicted octanol–water partition coefficient (Wildman–Crippen LogP) is 5.35. The van der Waals surface area contributed by atoms with Crippen molar-refractivity contribution in [2.75, 3.05) is 26.6 Å². The number of anilines is 1. The maximum atomic E-state index is 13.7. The zero-order valence-electron chi connectivity index (χ0n) is 22.4. The Morgan fingerprint density at radius 3 is 2.37 bits per heavy atom. The number of benzene rings is 2. The third kappa shape index (κ3) is 4.69. The van der Waals surface area contributed by atoms with Crippen molar-refractivity contribution in [1.29, 1.82) is 0 Å². The molecule has 38 heavy (non-hydrogen) atoms. The van der Waals surface area contributed by atoms with Gasteiger partial charge in [-0.1, -0.05) is 30.3 Å². The van der Waals surface area contributed by atoms with Gasteiger partial charge in [-0.15, -0.1) is 0 Å². The lowest BCUT2D eigenvalue weighted by molar-refractivity contribution is -0.119. The van der Waals surface area contributed by atoms with Crippen LogP contribution in [0.3, 0.4) is 0 Å². The molecule has 7 heteroatoms. The summed E-state index contributed by atoms with van der Waals surface area (Å²) in [6.45, 7) is 1.50. The van der Waals surface area contributed by atoms with E-state index in [2.05, 4.69) is 28.8 Å². The van der Waals surface area contributed by atoms with Crippen LogP contribution < -0.4 is 30.3 Å². The summed E-state index contributed by atoms with van der Waals surface area (Å²) in [5.41, 5.74) is 6.40. The fourth-order valence-electron chi connectivity index (χ4n) is 5.92. The van der Waals surface area contributed by atoms with Gasteiger partial charge < -0.3 is 24.8 Å². The van der Waals surface area contributed by atoms with Crippen LogP contribution in [0.2, 0.25) is 0 Å². The van der Waals surface area contributed by atoms with Crippen LogP contribution in [0.15, 0.2) is 53.3 Å². The molecule has 2 aliphatic carbocycles. The van der Waals surface area contributed by atoms with Crippen LogP contribution in [0.1, 0.15) is 60.5 Å². The predicted molar refractivity (Wildman–Crippen MR) is 148 cm³/mol. The molecule has 0 saturated heterocycles. The summed E-state index contributed by atoms with van der Waals surface area (Å²) in [6.07, 6.45) is 4.36. The maximum Gasteiger partial charge on any atom is 0.217 e. The van der Waals surface area contributed by atoms with Crippen molar-refractivity contribution in [1.82, 2.24) is 5.32 Å². The molecule has 3 aromatic carbocycles. The Bertz CT molecular complexity index is 1430. The molecular formula is C31H34N2O5. The molecule has 2 atom stereocenters. The summed E-state index contributed by atoms with van der Waals surface area (Å²) in [4.78, 5) is 25.8. The summed E-state index contributed by atoms with van der Waals surface area (Å²) < 4.78 is 17.2. The second kappa shape index (κ2) is 10.8. The highest BCUT2D eigenvalue weighted by molar-refractivity contribution is 5.83. The zero-order valence-corrected chi connectivity index (χ0v) is 22.4. The first kappa shape index (κ1) is 25.6. The number of methoxy groups -OCH3 is 3. The van der Waals surface area contributed by atoms with Crippen LogP contribution in [0.5, 0.6) is 17.2 Å². The van der Waals surface area contributed by atoms with Gasteiger partial charge in [0.05, 0.1) is 39.1 Å². The first-order valence-corrected chi connectivity index (χ1v) is 13.1. The normalized spacial score (nSPS) is 17.7. The topological polar surface area (TPSA) is 85.9 Å². The van der Waals surface area contributed by atoms with Gasteiger partial charge in [-0.05, 0) is 78.1 Å². The number of carbonyl (C=O) groups is 1. The van der Waals surface area contributed by atoms with Crippen molar-refractivity contribution in [3.8, 4) is 28.4 Å². The van der Waals surface area contributed by atoms with Crippen molar-refractivity contribution in [3.63, 3.8) is 0 Å². The first-order chi connectivity index (χ1) is 18.4. The molecule has 7 nitrogen and oxygen atoms in total. The van der Waals surface area contributed by atoms with E-state index >= 15 is 0 Å². The Labute approximate surface area is 223 Å². The van der Waals surface area contributed by atoms with Gasteiger partial charge in [0.25, 0.3) is 0 Å². The molecule has 0 unspecified atom stereocenters. The van der Waals surface area contributed by atoms with E-state index in [9.17, 15) is 9.59 Å². The van der Waals surface area contributed by atoms with E-state index < -0.39 is 0 Å². The fourth-order valence-corrected chi connectivity index (χ4v) is 5.92. The highest BCUT2D eigenvalue weighted by atomic mass is 16.5. The monoisotopic (exact) mass is 514 g/mol. The largest absolute Gasteiger partial charge is 0.493 e. The minimum Gasteiger partial charge on any atom is -0.493 e. The van der Waals surface area contributed by atoms with E-state index in [4.69, 9.17) is 14.2 Å². The number of fused-ring (bicyclic) bond motifs is 4. The van der Waals surface area contributed by atoms with E-state index in [0.29, 0.717) is 35.8 Å². The Morgan fingerprint density at radius 1 is 0.842 bits per heavy atom. The maximum absolute atomic E-state index is 13.7. The third-order valence-corrected chi connectivity index (χ3v) is 7.62. The molecule has 0 fully saturated rings. The number of amides is 1. The summed E-state index contributed by atoms with van der Waals surface area (Å²) in [5.74, 6) is 1.46. The SMILES string of the molecule is COc1cc2c(c(OC)c1OC)-c1ccc(N[C@H]3CCCc4ccccc43)c(=O)cc1[C@H](NC(C)=O)CC2. The highest BCUT2D eigenvalue weighted by Crippen LogP contribution is 2.50. The van der Waals surface area contributed by atoms with Crippen LogP contribution in [0, 0.1) is 0 Å². The number of nitrogens with one attached hydrogen (secondary N) is 2. The number of ether oxygens (including phenoxy) is 3. The number of aryl methyl sites for hydroxylation is 2. The minimum atomic E-state index is -0.333. The molecule has 2 N–H and O–H groups in total. The lowest BCUT2D eigenvalue weighted by atomic mass is 9.87. The third-order valence-electron chi connectivity index (χ3n) is 7.62. The molecule has 3 aromatic rings. The molecule has 0 aromatic heterocycles. The number of rotatable bonds is 6. The van der Waals surface area contributed by atoms with Crippen LogP contribution in [0.4, 0.5) is 5.69 Å². The molecular weight excluding hydrogens is 480 g/mol. The van der Waals surface area contributed by atoms with Gasteiger partial charge >= 0.3 is 0 Å². The van der Waals surface area contributed by atoms with E-state index in [-0.39, 0.29) is 23.4 Å². The quantitative estimate of drug-likeness (QED) is 0.461. The van der Waals surface area contributed by atoms with Crippen LogP contribution in [-0.4, -0.2) is 27.2 Å². The fraction of sp³-hybridized carbons (Fsp3) is 0.355. The zero-order chi connectivity index (χ0) is 26.8. The molecule has 0 bridgehead atoms. The smallest absolute Gasteiger partial charge is 0.217 e. The van der Waals surface area contributed by atoms with E-state index in [1.54, 1.807) is 27.4 Å². The summed E-state index contributed by atoms with van der Waals surface area (Å²) in [6, 6.07) is 15.6. The Hall–Kier alpha value is -4.00. The van der Waals surface area contributed by atoms with Gasteiger partial charge in [0.1, 0.15) is 0 Å². The minimum absolute atomic E-state index is 0.0622. The summed E-state index contributed by atoms with van der Waals surface area (Å²) in [5, 5.41) is 6.60.